The Bertz CT molecular complexity index is 844. The van der Waals surface area contributed by atoms with E-state index in [-0.39, 0.29) is 11.9 Å². The van der Waals surface area contributed by atoms with Crippen LogP contribution in [0.25, 0.3) is 0 Å². The van der Waals surface area contributed by atoms with Gasteiger partial charge in [0.05, 0.1) is 18.8 Å². The number of carbonyl (C=O) groups excluding carboxylic acids is 1. The number of piperazine rings is 2. The highest BCUT2D eigenvalue weighted by molar-refractivity contribution is 5.81. The van der Waals surface area contributed by atoms with Gasteiger partial charge in [0.15, 0.2) is 0 Å². The minimum Gasteiger partial charge on any atom is -0.495 e. The first kappa shape index (κ1) is 21.7. The van der Waals surface area contributed by atoms with Crippen molar-refractivity contribution >= 4 is 11.6 Å². The minimum absolute atomic E-state index is 0.0690. The van der Waals surface area contributed by atoms with E-state index in [0.29, 0.717) is 0 Å². The molecule has 166 valence electrons. The van der Waals surface area contributed by atoms with Gasteiger partial charge in [0, 0.05) is 58.9 Å². The fourth-order valence-electron chi connectivity index (χ4n) is 4.63. The van der Waals surface area contributed by atoms with Gasteiger partial charge in [-0.3, -0.25) is 14.6 Å². The zero-order valence-electron chi connectivity index (χ0n) is 18.7. The van der Waals surface area contributed by atoms with Gasteiger partial charge in [0.2, 0.25) is 5.91 Å². The summed E-state index contributed by atoms with van der Waals surface area (Å²) in [5, 5.41) is 0. The molecule has 6 nitrogen and oxygen atoms in total. The number of methoxy groups -OCH3 is 1. The Hall–Kier alpha value is -2.57. The highest BCUT2D eigenvalue weighted by Gasteiger charge is 2.31. The quantitative estimate of drug-likeness (QED) is 0.716. The highest BCUT2D eigenvalue weighted by Crippen LogP contribution is 2.28. The lowest BCUT2D eigenvalue weighted by Crippen LogP contribution is -2.57. The normalized spacial score (nSPS) is 19.3. The number of ether oxygens (including phenoxy) is 1. The Labute approximate surface area is 186 Å². The molecule has 2 aromatic rings. The van der Waals surface area contributed by atoms with E-state index in [1.807, 2.05) is 18.2 Å². The van der Waals surface area contributed by atoms with E-state index in [2.05, 4.69) is 62.9 Å². The molecule has 0 bridgehead atoms. The van der Waals surface area contributed by atoms with Crippen molar-refractivity contribution in [1.29, 1.82) is 0 Å². The summed E-state index contributed by atoms with van der Waals surface area (Å²) in [6.45, 7) is 10.1. The molecular formula is C25H34N4O2. The second kappa shape index (κ2) is 10.2. The summed E-state index contributed by atoms with van der Waals surface area (Å²) in [4.78, 5) is 22.3. The van der Waals surface area contributed by atoms with Crippen LogP contribution < -0.4 is 9.64 Å². The number of anilines is 1. The largest absolute Gasteiger partial charge is 0.495 e. The zero-order valence-corrected chi connectivity index (χ0v) is 18.7. The van der Waals surface area contributed by atoms with Gasteiger partial charge in [0.1, 0.15) is 5.75 Å². The van der Waals surface area contributed by atoms with Crippen molar-refractivity contribution in [3.05, 3.63) is 60.2 Å². The second-order valence-electron chi connectivity index (χ2n) is 8.46. The average molecular weight is 423 g/mol. The van der Waals surface area contributed by atoms with Gasteiger partial charge in [-0.25, -0.2) is 0 Å². The predicted octanol–water partition coefficient (Wildman–Crippen LogP) is 2.55. The molecule has 0 aliphatic carbocycles. The Kier molecular flexibility index (Phi) is 7.10. The SMILES string of the molecule is COc1ccccc1N1CCN([C@H](C)C(=O)N2CCN(Cc3ccccc3)CC2)CC1. The summed E-state index contributed by atoms with van der Waals surface area (Å²) >= 11 is 0. The molecule has 0 saturated carbocycles. The Morgan fingerprint density at radius 2 is 1.52 bits per heavy atom. The van der Waals surface area contributed by atoms with Crippen LogP contribution in [0.3, 0.4) is 0 Å². The van der Waals surface area contributed by atoms with Gasteiger partial charge < -0.3 is 14.5 Å². The van der Waals surface area contributed by atoms with Crippen molar-refractivity contribution in [2.45, 2.75) is 19.5 Å². The number of amides is 1. The van der Waals surface area contributed by atoms with Crippen molar-refractivity contribution in [2.24, 2.45) is 0 Å². The minimum atomic E-state index is -0.0690. The third kappa shape index (κ3) is 5.20. The van der Waals surface area contributed by atoms with E-state index >= 15 is 0 Å². The Morgan fingerprint density at radius 1 is 0.871 bits per heavy atom. The molecule has 6 heteroatoms. The summed E-state index contributed by atoms with van der Waals surface area (Å²) in [6, 6.07) is 18.7. The molecule has 0 spiro atoms. The highest BCUT2D eigenvalue weighted by atomic mass is 16.5. The van der Waals surface area contributed by atoms with Crippen LogP contribution in [0.1, 0.15) is 12.5 Å². The van der Waals surface area contributed by atoms with Crippen LogP contribution in [0, 0.1) is 0 Å². The van der Waals surface area contributed by atoms with Gasteiger partial charge in [-0.2, -0.15) is 0 Å². The van der Waals surface area contributed by atoms with Crippen LogP contribution in [-0.4, -0.2) is 86.1 Å². The molecule has 1 atom stereocenters. The number of hydrogen-bond donors (Lipinski definition) is 0. The van der Waals surface area contributed by atoms with Crippen molar-refractivity contribution in [2.75, 3.05) is 64.4 Å². The first-order valence-electron chi connectivity index (χ1n) is 11.3. The van der Waals surface area contributed by atoms with E-state index in [1.165, 1.54) is 5.56 Å². The number of carbonyl (C=O) groups is 1. The molecule has 31 heavy (non-hydrogen) atoms. The van der Waals surface area contributed by atoms with Gasteiger partial charge in [0.25, 0.3) is 0 Å². The van der Waals surface area contributed by atoms with Crippen molar-refractivity contribution < 1.29 is 9.53 Å². The van der Waals surface area contributed by atoms with Gasteiger partial charge >= 0.3 is 0 Å². The first-order valence-corrected chi connectivity index (χ1v) is 11.3. The van der Waals surface area contributed by atoms with Crippen molar-refractivity contribution in [3.8, 4) is 5.75 Å². The molecule has 0 aromatic heterocycles. The molecule has 2 saturated heterocycles. The summed E-state index contributed by atoms with van der Waals surface area (Å²) in [7, 11) is 1.72. The van der Waals surface area contributed by atoms with E-state index in [9.17, 15) is 4.79 Å². The standard InChI is InChI=1S/C25H34N4O2/c1-21(27-16-18-28(19-17-27)23-10-6-7-11-24(23)31-2)25(30)29-14-12-26(13-15-29)20-22-8-4-3-5-9-22/h3-11,21H,12-20H2,1-2H3/t21-/m1/s1. The molecule has 2 heterocycles. The van der Waals surface area contributed by atoms with Crippen LogP contribution in [0.15, 0.2) is 54.6 Å². The molecule has 0 radical (unpaired) electrons. The smallest absolute Gasteiger partial charge is 0.239 e. The van der Waals surface area contributed by atoms with E-state index in [0.717, 1.165) is 70.3 Å². The molecule has 0 N–H and O–H groups in total. The Morgan fingerprint density at radius 3 is 2.19 bits per heavy atom. The topological polar surface area (TPSA) is 39.3 Å². The van der Waals surface area contributed by atoms with E-state index in [4.69, 9.17) is 4.74 Å². The molecule has 2 aromatic carbocycles. The number of hydrogen-bond acceptors (Lipinski definition) is 5. The zero-order chi connectivity index (χ0) is 21.6. The summed E-state index contributed by atoms with van der Waals surface area (Å²) < 4.78 is 5.52. The third-order valence-electron chi connectivity index (χ3n) is 6.58. The van der Waals surface area contributed by atoms with Gasteiger partial charge in [-0.1, -0.05) is 42.5 Å². The lowest BCUT2D eigenvalue weighted by atomic mass is 10.1. The molecule has 1 amide bonds. The predicted molar refractivity (Wildman–Crippen MR) is 125 cm³/mol. The molecule has 0 unspecified atom stereocenters. The van der Waals surface area contributed by atoms with Crippen LogP contribution in [0.5, 0.6) is 5.75 Å². The van der Waals surface area contributed by atoms with E-state index < -0.39 is 0 Å². The third-order valence-corrected chi connectivity index (χ3v) is 6.58. The summed E-state index contributed by atoms with van der Waals surface area (Å²) in [5.74, 6) is 1.18. The maximum Gasteiger partial charge on any atom is 0.239 e. The number of rotatable bonds is 6. The van der Waals surface area contributed by atoms with Crippen LogP contribution in [0.2, 0.25) is 0 Å². The number of nitrogens with zero attached hydrogens (tertiary/aromatic N) is 4. The van der Waals surface area contributed by atoms with Crippen molar-refractivity contribution in [3.63, 3.8) is 0 Å². The number of para-hydroxylation sites is 2. The maximum atomic E-state index is 13.1. The Balaban J connectivity index is 1.26. The maximum absolute atomic E-state index is 13.1. The second-order valence-corrected chi connectivity index (χ2v) is 8.46. The molecule has 2 aliphatic heterocycles. The van der Waals surface area contributed by atoms with Crippen LogP contribution in [-0.2, 0) is 11.3 Å². The first-order chi connectivity index (χ1) is 15.2. The van der Waals surface area contributed by atoms with Gasteiger partial charge in [-0.15, -0.1) is 0 Å². The fraction of sp³-hybridized carbons (Fsp3) is 0.480. The molecule has 2 aliphatic rings. The lowest BCUT2D eigenvalue weighted by molar-refractivity contribution is -0.138. The lowest BCUT2D eigenvalue weighted by Gasteiger charge is -2.41. The fourth-order valence-corrected chi connectivity index (χ4v) is 4.63. The number of benzene rings is 2. The monoisotopic (exact) mass is 422 g/mol. The van der Waals surface area contributed by atoms with Gasteiger partial charge in [-0.05, 0) is 24.6 Å². The molecule has 2 fully saturated rings. The molecule has 4 rings (SSSR count). The van der Waals surface area contributed by atoms with Crippen molar-refractivity contribution in [1.82, 2.24) is 14.7 Å². The summed E-state index contributed by atoms with van der Waals surface area (Å²) in [5.41, 5.74) is 2.47. The summed E-state index contributed by atoms with van der Waals surface area (Å²) in [6.07, 6.45) is 0. The van der Waals surface area contributed by atoms with Crippen LogP contribution in [0.4, 0.5) is 5.69 Å². The van der Waals surface area contributed by atoms with Crippen LogP contribution >= 0.6 is 0 Å². The molecular weight excluding hydrogens is 388 g/mol. The average Bonchev–Trinajstić information content (AvgIpc) is 2.84. The van der Waals surface area contributed by atoms with E-state index in [1.54, 1.807) is 7.11 Å².